The molecule has 0 aromatic heterocycles. The highest BCUT2D eigenvalue weighted by atomic mass is 16.6. The van der Waals surface area contributed by atoms with Gasteiger partial charge in [-0.1, -0.05) is 30.3 Å². The number of ether oxygens (including phenoxy) is 2. The molecule has 1 unspecified atom stereocenters. The molecule has 1 heterocycles. The minimum Gasteiger partial charge on any atom is -0.462 e. The lowest BCUT2D eigenvalue weighted by molar-refractivity contribution is -0.151. The second-order valence-electron chi connectivity index (χ2n) is 7.81. The Morgan fingerprint density at radius 3 is 2.38 bits per heavy atom. The van der Waals surface area contributed by atoms with Gasteiger partial charge in [-0.15, -0.1) is 0 Å². The summed E-state index contributed by atoms with van der Waals surface area (Å²) < 4.78 is 10.9. The molecule has 6 heteroatoms. The van der Waals surface area contributed by atoms with Crippen molar-refractivity contribution in [1.82, 2.24) is 10.2 Å². The summed E-state index contributed by atoms with van der Waals surface area (Å²) in [5.74, 6) is -0.301. The number of piperidine rings is 1. The van der Waals surface area contributed by atoms with Crippen LogP contribution in [0.25, 0.3) is 0 Å². The van der Waals surface area contributed by atoms with E-state index >= 15 is 0 Å². The summed E-state index contributed by atoms with van der Waals surface area (Å²) in [6.45, 7) is 7.27. The minimum absolute atomic E-state index is 0.0448. The van der Waals surface area contributed by atoms with E-state index in [1.54, 1.807) is 20.8 Å². The molecule has 0 saturated carbocycles. The number of likely N-dealkylation sites (tertiary alicyclic amines) is 1. The van der Waals surface area contributed by atoms with Gasteiger partial charge in [-0.3, -0.25) is 4.79 Å². The molecule has 0 radical (unpaired) electrons. The lowest BCUT2D eigenvalue weighted by Crippen LogP contribution is -2.38. The zero-order valence-electron chi connectivity index (χ0n) is 16.2. The first kappa shape index (κ1) is 20.2. The number of benzene rings is 1. The quantitative estimate of drug-likeness (QED) is 0.814. The van der Waals surface area contributed by atoms with Gasteiger partial charge in [0.2, 0.25) is 0 Å². The number of hydrogen-bond acceptors (Lipinski definition) is 5. The van der Waals surface area contributed by atoms with Crippen molar-refractivity contribution in [2.45, 2.75) is 57.8 Å². The maximum atomic E-state index is 12.4. The number of alkyl carbamates (subject to hydrolysis) is 1. The lowest BCUT2D eigenvalue weighted by atomic mass is 10.0. The molecule has 1 amide bonds. The zero-order chi connectivity index (χ0) is 19.2. The monoisotopic (exact) mass is 362 g/mol. The average Bonchev–Trinajstić information content (AvgIpc) is 2.55. The standard InChI is InChI=1S/C20H30N2O4/c1-20(2,3)26-19(24)21-17(15-8-6-5-7-9-15)14-18(23)25-16-10-12-22(4)13-11-16/h5-9,16-17H,10-14H2,1-4H3,(H,21,24). The Balaban J connectivity index is 1.97. The Morgan fingerprint density at radius 1 is 1.19 bits per heavy atom. The first-order valence-corrected chi connectivity index (χ1v) is 9.15. The van der Waals surface area contributed by atoms with E-state index in [-0.39, 0.29) is 18.5 Å². The van der Waals surface area contributed by atoms with E-state index in [1.807, 2.05) is 30.3 Å². The van der Waals surface area contributed by atoms with E-state index in [1.165, 1.54) is 0 Å². The Labute approximate surface area is 155 Å². The maximum absolute atomic E-state index is 12.4. The lowest BCUT2D eigenvalue weighted by Gasteiger charge is -2.29. The Morgan fingerprint density at radius 2 is 1.81 bits per heavy atom. The Kier molecular flexibility index (Phi) is 7.03. The second kappa shape index (κ2) is 9.03. The molecule has 26 heavy (non-hydrogen) atoms. The summed E-state index contributed by atoms with van der Waals surface area (Å²) in [5, 5.41) is 2.79. The zero-order valence-corrected chi connectivity index (χ0v) is 16.2. The van der Waals surface area contributed by atoms with Crippen molar-refractivity contribution in [2.24, 2.45) is 0 Å². The number of nitrogens with zero attached hydrogens (tertiary/aromatic N) is 1. The van der Waals surface area contributed by atoms with Crippen LogP contribution < -0.4 is 5.32 Å². The Bertz CT molecular complexity index is 590. The predicted molar refractivity (Wildman–Crippen MR) is 99.8 cm³/mol. The number of carbonyl (C=O) groups excluding carboxylic acids is 2. The van der Waals surface area contributed by atoms with Gasteiger partial charge in [-0.05, 0) is 46.2 Å². The molecule has 6 nitrogen and oxygen atoms in total. The number of rotatable bonds is 5. The summed E-state index contributed by atoms with van der Waals surface area (Å²) in [7, 11) is 2.06. The predicted octanol–water partition coefficient (Wildman–Crippen LogP) is 3.28. The first-order chi connectivity index (χ1) is 12.2. The summed E-state index contributed by atoms with van der Waals surface area (Å²) in [6.07, 6.45) is 1.18. The molecule has 0 aliphatic carbocycles. The molecular formula is C20H30N2O4. The van der Waals surface area contributed by atoms with Gasteiger partial charge in [-0.25, -0.2) is 4.79 Å². The van der Waals surface area contributed by atoms with Gasteiger partial charge in [0.05, 0.1) is 12.5 Å². The van der Waals surface area contributed by atoms with E-state index < -0.39 is 17.7 Å². The van der Waals surface area contributed by atoms with Gasteiger partial charge in [0.1, 0.15) is 11.7 Å². The molecule has 1 fully saturated rings. The SMILES string of the molecule is CN1CCC(OC(=O)CC(NC(=O)OC(C)(C)C)c2ccccc2)CC1. The second-order valence-corrected chi connectivity index (χ2v) is 7.81. The van der Waals surface area contributed by atoms with Crippen molar-refractivity contribution in [3.63, 3.8) is 0 Å². The van der Waals surface area contributed by atoms with Gasteiger partial charge in [0.25, 0.3) is 0 Å². The molecule has 2 rings (SSSR count). The largest absolute Gasteiger partial charge is 0.462 e. The molecule has 1 aromatic carbocycles. The van der Waals surface area contributed by atoms with Gasteiger partial charge < -0.3 is 19.7 Å². The van der Waals surface area contributed by atoms with Crippen LogP contribution in [-0.2, 0) is 14.3 Å². The molecule has 1 saturated heterocycles. The highest BCUT2D eigenvalue weighted by Crippen LogP contribution is 2.20. The van der Waals surface area contributed by atoms with E-state index in [9.17, 15) is 9.59 Å². The van der Waals surface area contributed by atoms with Crippen LogP contribution in [-0.4, -0.2) is 48.8 Å². The van der Waals surface area contributed by atoms with Crippen LogP contribution in [0.15, 0.2) is 30.3 Å². The number of amides is 1. The third kappa shape index (κ3) is 7.04. The third-order valence-electron chi connectivity index (χ3n) is 4.23. The number of hydrogen-bond donors (Lipinski definition) is 1. The third-order valence-corrected chi connectivity index (χ3v) is 4.23. The molecule has 1 aromatic rings. The van der Waals surface area contributed by atoms with Crippen molar-refractivity contribution in [1.29, 1.82) is 0 Å². The van der Waals surface area contributed by atoms with Crippen molar-refractivity contribution in [3.8, 4) is 0 Å². The minimum atomic E-state index is -0.597. The summed E-state index contributed by atoms with van der Waals surface area (Å²) in [5.41, 5.74) is 0.249. The molecule has 1 aliphatic heterocycles. The Hall–Kier alpha value is -2.08. The molecular weight excluding hydrogens is 332 g/mol. The van der Waals surface area contributed by atoms with Gasteiger partial charge >= 0.3 is 12.1 Å². The fraction of sp³-hybridized carbons (Fsp3) is 0.600. The number of esters is 1. The highest BCUT2D eigenvalue weighted by molar-refractivity contribution is 5.73. The number of nitrogens with one attached hydrogen (secondary N) is 1. The van der Waals surface area contributed by atoms with Crippen LogP contribution in [0.2, 0.25) is 0 Å². The molecule has 144 valence electrons. The van der Waals surface area contributed by atoms with E-state index in [0.717, 1.165) is 31.5 Å². The van der Waals surface area contributed by atoms with Crippen LogP contribution in [0.5, 0.6) is 0 Å². The molecule has 0 spiro atoms. The average molecular weight is 362 g/mol. The van der Waals surface area contributed by atoms with Crippen molar-refractivity contribution in [3.05, 3.63) is 35.9 Å². The van der Waals surface area contributed by atoms with Crippen LogP contribution in [0, 0.1) is 0 Å². The van der Waals surface area contributed by atoms with Crippen LogP contribution >= 0.6 is 0 Å². The topological polar surface area (TPSA) is 67.9 Å². The van der Waals surface area contributed by atoms with Gasteiger partial charge in [0, 0.05) is 13.1 Å². The molecule has 0 bridgehead atoms. The summed E-state index contributed by atoms with van der Waals surface area (Å²) >= 11 is 0. The van der Waals surface area contributed by atoms with Crippen molar-refractivity contribution in [2.75, 3.05) is 20.1 Å². The number of carbonyl (C=O) groups is 2. The van der Waals surface area contributed by atoms with Gasteiger partial charge in [-0.2, -0.15) is 0 Å². The van der Waals surface area contributed by atoms with E-state index in [0.29, 0.717) is 0 Å². The smallest absolute Gasteiger partial charge is 0.408 e. The van der Waals surface area contributed by atoms with Crippen LogP contribution in [0.4, 0.5) is 4.79 Å². The fourth-order valence-corrected chi connectivity index (χ4v) is 2.89. The molecule has 1 atom stereocenters. The van der Waals surface area contributed by atoms with Gasteiger partial charge in [0.15, 0.2) is 0 Å². The maximum Gasteiger partial charge on any atom is 0.408 e. The molecule has 1 N–H and O–H groups in total. The van der Waals surface area contributed by atoms with E-state index in [2.05, 4.69) is 17.3 Å². The van der Waals surface area contributed by atoms with E-state index in [4.69, 9.17) is 9.47 Å². The van der Waals surface area contributed by atoms with Crippen molar-refractivity contribution < 1.29 is 19.1 Å². The molecule has 1 aliphatic rings. The van der Waals surface area contributed by atoms with Crippen LogP contribution in [0.1, 0.15) is 51.6 Å². The highest BCUT2D eigenvalue weighted by Gasteiger charge is 2.25. The fourth-order valence-electron chi connectivity index (χ4n) is 2.89. The summed E-state index contributed by atoms with van der Waals surface area (Å²) in [6, 6.07) is 8.92. The van der Waals surface area contributed by atoms with Crippen molar-refractivity contribution >= 4 is 12.1 Å². The first-order valence-electron chi connectivity index (χ1n) is 9.15. The normalized spacial score (nSPS) is 17.4. The van der Waals surface area contributed by atoms with Crippen LogP contribution in [0.3, 0.4) is 0 Å². The summed E-state index contributed by atoms with van der Waals surface area (Å²) in [4.78, 5) is 26.8.